The van der Waals surface area contributed by atoms with Gasteiger partial charge in [0.05, 0.1) is 0 Å². The molecule has 5 nitrogen and oxygen atoms in total. The molecule has 1 heterocycles. The van der Waals surface area contributed by atoms with Crippen molar-refractivity contribution in [3.05, 3.63) is 0 Å². The zero-order chi connectivity index (χ0) is 15.4. The van der Waals surface area contributed by atoms with Crippen LogP contribution in [-0.4, -0.2) is 31.3 Å². The van der Waals surface area contributed by atoms with Crippen LogP contribution >= 0.6 is 0 Å². The molecule has 0 radical (unpaired) electrons. The molecule has 4 fully saturated rings. The summed E-state index contributed by atoms with van der Waals surface area (Å²) in [5.41, 5.74) is 0.507. The van der Waals surface area contributed by atoms with E-state index in [4.69, 9.17) is 4.74 Å². The van der Waals surface area contributed by atoms with E-state index in [-0.39, 0.29) is 17.7 Å². The third-order valence-corrected chi connectivity index (χ3v) is 8.22. The molecule has 0 aromatic rings. The normalized spacial score (nSPS) is 46.3. The molecule has 1 N–H and O–H groups in total. The van der Waals surface area contributed by atoms with Crippen LogP contribution in [0, 0.1) is 5.41 Å². The maximum atomic E-state index is 12.4. The molecule has 124 valence electrons. The molecule has 4 aliphatic carbocycles. The number of hydrogen-bond donors (Lipinski definition) is 1. The highest BCUT2D eigenvalue weighted by molar-refractivity contribution is 7.91. The summed E-state index contributed by atoms with van der Waals surface area (Å²) < 4.78 is 34.8. The fraction of sp³-hybridized carbons (Fsp3) is 0.938. The SMILES string of the molecule is CC12CCC(NC3=NS(=O)(=O)[C@@H]4CCCC[C@@H]4O3)(CC1)CC2. The van der Waals surface area contributed by atoms with Gasteiger partial charge in [0.15, 0.2) is 0 Å². The molecule has 2 atom stereocenters. The van der Waals surface area contributed by atoms with E-state index in [2.05, 4.69) is 16.6 Å². The smallest absolute Gasteiger partial charge is 0.301 e. The summed E-state index contributed by atoms with van der Waals surface area (Å²) in [6, 6.07) is 0.272. The minimum absolute atomic E-state index is 0.00756. The van der Waals surface area contributed by atoms with Crippen molar-refractivity contribution in [1.82, 2.24) is 5.32 Å². The Morgan fingerprint density at radius 1 is 1.09 bits per heavy atom. The van der Waals surface area contributed by atoms with Gasteiger partial charge in [0.2, 0.25) is 0 Å². The standard InChI is InChI=1S/C16H26N2O3S/c1-15-6-9-16(10-7-15,11-8-15)17-14-18-22(19,20)13-5-3-2-4-12(13)21-14/h12-13H,2-11H2,1H3,(H,17,18)/t12-,13+,15?,16?/m0/s1. The van der Waals surface area contributed by atoms with E-state index >= 15 is 0 Å². The Bertz CT molecular complexity index is 574. The summed E-state index contributed by atoms with van der Waals surface area (Å²) in [6.45, 7) is 2.38. The van der Waals surface area contributed by atoms with E-state index in [9.17, 15) is 8.42 Å². The van der Waals surface area contributed by atoms with Gasteiger partial charge in [-0.05, 0) is 63.2 Å². The average molecular weight is 326 g/mol. The Balaban J connectivity index is 1.55. The lowest BCUT2D eigenvalue weighted by Crippen LogP contribution is -2.58. The molecule has 1 aliphatic heterocycles. The molecular formula is C16H26N2O3S. The Hall–Kier alpha value is -0.780. The first-order valence-electron chi connectivity index (χ1n) is 8.69. The van der Waals surface area contributed by atoms with Crippen molar-refractivity contribution in [3.8, 4) is 0 Å². The number of amidine groups is 1. The van der Waals surface area contributed by atoms with E-state index in [0.29, 0.717) is 11.8 Å². The van der Waals surface area contributed by atoms with Gasteiger partial charge in [-0.25, -0.2) is 8.42 Å². The maximum absolute atomic E-state index is 12.4. The van der Waals surface area contributed by atoms with E-state index in [1.807, 2.05) is 0 Å². The fourth-order valence-corrected chi connectivity index (χ4v) is 6.22. The van der Waals surface area contributed by atoms with E-state index in [1.165, 1.54) is 19.3 Å². The van der Waals surface area contributed by atoms with Crippen LogP contribution in [0.5, 0.6) is 0 Å². The summed E-state index contributed by atoms with van der Waals surface area (Å²) in [7, 11) is -3.42. The van der Waals surface area contributed by atoms with Crippen LogP contribution in [0.4, 0.5) is 0 Å². The summed E-state index contributed by atoms with van der Waals surface area (Å²) in [6.07, 6.45) is 10.3. The maximum Gasteiger partial charge on any atom is 0.301 e. The number of ether oxygens (including phenoxy) is 1. The lowest BCUT2D eigenvalue weighted by molar-refractivity contribution is 0.0388. The summed E-state index contributed by atoms with van der Waals surface area (Å²) >= 11 is 0. The lowest BCUT2D eigenvalue weighted by atomic mass is 9.58. The number of nitrogens with zero attached hydrogens (tertiary/aromatic N) is 1. The Morgan fingerprint density at radius 3 is 2.41 bits per heavy atom. The molecule has 0 spiro atoms. The van der Waals surface area contributed by atoms with Crippen molar-refractivity contribution in [2.75, 3.05) is 0 Å². The molecule has 6 heteroatoms. The number of nitrogens with one attached hydrogen (secondary N) is 1. The van der Waals surface area contributed by atoms with E-state index < -0.39 is 15.3 Å². The number of hydrogen-bond acceptors (Lipinski definition) is 4. The van der Waals surface area contributed by atoms with Gasteiger partial charge in [0.1, 0.15) is 11.4 Å². The molecular weight excluding hydrogens is 300 g/mol. The summed E-state index contributed by atoms with van der Waals surface area (Å²) in [5, 5.41) is 2.99. The highest BCUT2D eigenvalue weighted by Gasteiger charge is 2.48. The largest absolute Gasteiger partial charge is 0.460 e. The first-order valence-corrected chi connectivity index (χ1v) is 10.2. The van der Waals surface area contributed by atoms with Crippen LogP contribution in [0.2, 0.25) is 0 Å². The minimum Gasteiger partial charge on any atom is -0.460 e. The van der Waals surface area contributed by atoms with Crippen LogP contribution in [0.15, 0.2) is 4.40 Å². The van der Waals surface area contributed by atoms with Crippen LogP contribution in [0.1, 0.15) is 71.1 Å². The van der Waals surface area contributed by atoms with Crippen LogP contribution < -0.4 is 5.32 Å². The molecule has 0 amide bonds. The van der Waals surface area contributed by atoms with Gasteiger partial charge in [0, 0.05) is 5.54 Å². The molecule has 0 unspecified atom stereocenters. The number of fused-ring (bicyclic) bond motifs is 4. The molecule has 5 aliphatic rings. The topological polar surface area (TPSA) is 67.8 Å². The second kappa shape index (κ2) is 4.86. The first kappa shape index (κ1) is 14.8. The average Bonchev–Trinajstić information content (AvgIpc) is 2.48. The monoisotopic (exact) mass is 326 g/mol. The van der Waals surface area contributed by atoms with Crippen LogP contribution in [0.25, 0.3) is 0 Å². The Labute approximate surface area is 133 Å². The Morgan fingerprint density at radius 2 is 1.73 bits per heavy atom. The number of sulfonamides is 1. The van der Waals surface area contributed by atoms with Gasteiger partial charge in [0.25, 0.3) is 10.0 Å². The lowest BCUT2D eigenvalue weighted by Gasteiger charge is -2.52. The van der Waals surface area contributed by atoms with Crippen molar-refractivity contribution < 1.29 is 13.2 Å². The summed E-state index contributed by atoms with van der Waals surface area (Å²) in [5.74, 6) is 0. The van der Waals surface area contributed by atoms with Crippen molar-refractivity contribution in [2.24, 2.45) is 9.81 Å². The van der Waals surface area contributed by atoms with Crippen LogP contribution in [-0.2, 0) is 14.8 Å². The second-order valence-electron chi connectivity index (χ2n) is 8.11. The van der Waals surface area contributed by atoms with Crippen LogP contribution in [0.3, 0.4) is 0 Å². The molecule has 2 bridgehead atoms. The number of rotatable bonds is 1. The van der Waals surface area contributed by atoms with Crippen molar-refractivity contribution in [1.29, 1.82) is 0 Å². The third-order valence-electron chi connectivity index (χ3n) is 6.49. The Kier molecular flexibility index (Phi) is 3.26. The van der Waals surface area contributed by atoms with Gasteiger partial charge < -0.3 is 10.1 Å². The predicted molar refractivity (Wildman–Crippen MR) is 85.2 cm³/mol. The molecule has 5 rings (SSSR count). The molecule has 4 saturated carbocycles. The van der Waals surface area contributed by atoms with Crippen molar-refractivity contribution >= 4 is 16.0 Å². The zero-order valence-corrected chi connectivity index (χ0v) is 14.1. The molecule has 0 aromatic carbocycles. The molecule has 0 saturated heterocycles. The minimum atomic E-state index is -3.42. The predicted octanol–water partition coefficient (Wildman–Crippen LogP) is 2.72. The highest BCUT2D eigenvalue weighted by atomic mass is 32.2. The van der Waals surface area contributed by atoms with Gasteiger partial charge in [-0.3, -0.25) is 0 Å². The summed E-state index contributed by atoms with van der Waals surface area (Å²) in [4.78, 5) is 0. The van der Waals surface area contributed by atoms with Gasteiger partial charge in [-0.15, -0.1) is 4.40 Å². The van der Waals surface area contributed by atoms with Crippen molar-refractivity contribution in [3.63, 3.8) is 0 Å². The van der Waals surface area contributed by atoms with E-state index in [1.54, 1.807) is 0 Å². The fourth-order valence-electron chi connectivity index (χ4n) is 4.73. The first-order chi connectivity index (χ1) is 10.4. The van der Waals surface area contributed by atoms with Gasteiger partial charge in [-0.1, -0.05) is 13.3 Å². The van der Waals surface area contributed by atoms with Gasteiger partial charge >= 0.3 is 6.02 Å². The van der Waals surface area contributed by atoms with E-state index in [0.717, 1.165) is 38.5 Å². The third kappa shape index (κ3) is 2.43. The van der Waals surface area contributed by atoms with Crippen molar-refractivity contribution in [2.45, 2.75) is 88.0 Å². The highest BCUT2D eigenvalue weighted by Crippen LogP contribution is 2.52. The quantitative estimate of drug-likeness (QED) is 0.804. The molecule has 22 heavy (non-hydrogen) atoms. The molecule has 0 aromatic heterocycles. The second-order valence-corrected chi connectivity index (χ2v) is 9.92. The van der Waals surface area contributed by atoms with Gasteiger partial charge in [-0.2, -0.15) is 0 Å². The zero-order valence-electron chi connectivity index (χ0n) is 13.3.